The van der Waals surface area contributed by atoms with E-state index >= 15 is 0 Å². The number of hydrogen-bond acceptors (Lipinski definition) is 5. The van der Waals surface area contributed by atoms with Crippen LogP contribution in [-0.4, -0.2) is 22.5 Å². The number of carbonyl (C=O) groups is 1. The Kier molecular flexibility index (Phi) is 6.21. The number of benzene rings is 1. The van der Waals surface area contributed by atoms with Gasteiger partial charge in [0.2, 0.25) is 5.13 Å². The molecule has 118 valence electrons. The number of aromatic nitrogens is 2. The van der Waals surface area contributed by atoms with Gasteiger partial charge in [0.1, 0.15) is 5.01 Å². The summed E-state index contributed by atoms with van der Waals surface area (Å²) in [4.78, 5) is 13.1. The van der Waals surface area contributed by atoms with E-state index in [1.165, 1.54) is 11.3 Å². The van der Waals surface area contributed by atoms with Gasteiger partial charge < -0.3 is 5.32 Å². The van der Waals surface area contributed by atoms with Gasteiger partial charge in [-0.15, -0.1) is 22.0 Å². The Balaban J connectivity index is 1.97. The number of rotatable bonds is 6. The molecular weight excluding hydrogens is 316 g/mol. The molecule has 2 amide bonds. The maximum Gasteiger partial charge on any atom is 0.325 e. The van der Waals surface area contributed by atoms with Crippen LogP contribution in [0.2, 0.25) is 0 Å². The molecule has 0 aliphatic heterocycles. The predicted molar refractivity (Wildman–Crippen MR) is 94.1 cm³/mol. The highest BCUT2D eigenvalue weighted by Gasteiger charge is 2.14. The molecule has 0 radical (unpaired) electrons. The molecule has 7 heteroatoms. The Hall–Kier alpha value is -1.60. The van der Waals surface area contributed by atoms with Crippen molar-refractivity contribution in [1.29, 1.82) is 0 Å². The molecule has 0 fully saturated rings. The van der Waals surface area contributed by atoms with Crippen LogP contribution in [0.5, 0.6) is 0 Å². The predicted octanol–water partition coefficient (Wildman–Crippen LogP) is 4.81. The van der Waals surface area contributed by atoms with Crippen LogP contribution in [0.3, 0.4) is 0 Å². The van der Waals surface area contributed by atoms with Crippen molar-refractivity contribution < 1.29 is 4.79 Å². The smallest absolute Gasteiger partial charge is 0.308 e. The van der Waals surface area contributed by atoms with Gasteiger partial charge in [-0.1, -0.05) is 31.3 Å². The fourth-order valence-electron chi connectivity index (χ4n) is 2.05. The number of nitrogens with zero attached hydrogens (tertiary/aromatic N) is 2. The van der Waals surface area contributed by atoms with E-state index in [-0.39, 0.29) is 6.03 Å². The Morgan fingerprint density at radius 3 is 2.73 bits per heavy atom. The minimum atomic E-state index is -0.300. The van der Waals surface area contributed by atoms with Crippen molar-refractivity contribution in [2.24, 2.45) is 0 Å². The number of amides is 2. The Bertz CT molecular complexity index is 626. The molecule has 1 aromatic heterocycles. The lowest BCUT2D eigenvalue weighted by Gasteiger charge is -2.07. The quantitative estimate of drug-likeness (QED) is 0.743. The number of nitrogens with one attached hydrogen (secondary N) is 2. The summed E-state index contributed by atoms with van der Waals surface area (Å²) < 4.78 is 0. The topological polar surface area (TPSA) is 66.9 Å². The number of anilines is 2. The molecule has 0 unspecified atom stereocenters. The van der Waals surface area contributed by atoms with E-state index in [0.717, 1.165) is 28.4 Å². The molecule has 2 aromatic rings. The summed E-state index contributed by atoms with van der Waals surface area (Å²) in [7, 11) is 0. The van der Waals surface area contributed by atoms with Crippen molar-refractivity contribution in [2.45, 2.75) is 37.5 Å². The fraction of sp³-hybridized carbons (Fsp3) is 0.400. The zero-order chi connectivity index (χ0) is 15.9. The number of thioether (sulfide) groups is 1. The number of urea groups is 1. The highest BCUT2D eigenvalue weighted by atomic mass is 32.2. The second kappa shape index (κ2) is 8.14. The minimum absolute atomic E-state index is 0.300. The summed E-state index contributed by atoms with van der Waals surface area (Å²) in [5, 5.41) is 15.3. The molecule has 0 aliphatic carbocycles. The monoisotopic (exact) mass is 336 g/mol. The largest absolute Gasteiger partial charge is 0.325 e. The lowest BCUT2D eigenvalue weighted by Crippen LogP contribution is -2.19. The van der Waals surface area contributed by atoms with Gasteiger partial charge >= 0.3 is 6.03 Å². The molecule has 0 saturated heterocycles. The van der Waals surface area contributed by atoms with Gasteiger partial charge in [-0.25, -0.2) is 4.79 Å². The summed E-state index contributed by atoms with van der Waals surface area (Å²) in [6.07, 6.45) is 4.05. The summed E-state index contributed by atoms with van der Waals surface area (Å²) in [6.45, 7) is 4.27. The second-order valence-corrected chi connectivity index (χ2v) is 6.66. The second-order valence-electron chi connectivity index (χ2n) is 4.77. The third kappa shape index (κ3) is 4.45. The van der Waals surface area contributed by atoms with Gasteiger partial charge in [0, 0.05) is 16.5 Å². The van der Waals surface area contributed by atoms with Crippen LogP contribution in [0.15, 0.2) is 29.2 Å². The normalized spacial score (nSPS) is 10.7. The van der Waals surface area contributed by atoms with Crippen LogP contribution in [0, 0.1) is 0 Å². The van der Waals surface area contributed by atoms with Crippen LogP contribution in [0.1, 0.15) is 37.6 Å². The summed E-state index contributed by atoms with van der Waals surface area (Å²) in [5.74, 6) is 0.411. The molecule has 22 heavy (non-hydrogen) atoms. The van der Waals surface area contributed by atoms with Gasteiger partial charge in [0.15, 0.2) is 0 Å². The summed E-state index contributed by atoms with van der Waals surface area (Å²) in [5.41, 5.74) is 0.758. The minimum Gasteiger partial charge on any atom is -0.308 e. The van der Waals surface area contributed by atoms with Gasteiger partial charge in [-0.3, -0.25) is 5.32 Å². The lowest BCUT2D eigenvalue weighted by atomic mass is 10.1. The first-order chi connectivity index (χ1) is 10.7. The van der Waals surface area contributed by atoms with Crippen LogP contribution in [0.4, 0.5) is 15.6 Å². The molecule has 1 aromatic carbocycles. The van der Waals surface area contributed by atoms with E-state index in [2.05, 4.69) is 34.7 Å². The van der Waals surface area contributed by atoms with Gasteiger partial charge in [-0.2, -0.15) is 0 Å². The molecule has 2 rings (SSSR count). The third-order valence-electron chi connectivity index (χ3n) is 3.32. The van der Waals surface area contributed by atoms with Crippen molar-refractivity contribution in [1.82, 2.24) is 10.2 Å². The van der Waals surface area contributed by atoms with Crippen LogP contribution in [0.25, 0.3) is 0 Å². The Morgan fingerprint density at radius 2 is 2.05 bits per heavy atom. The lowest BCUT2D eigenvalue weighted by molar-refractivity contribution is 0.262. The van der Waals surface area contributed by atoms with Crippen molar-refractivity contribution in [3.05, 3.63) is 29.3 Å². The molecular formula is C15H20N4OS2. The van der Waals surface area contributed by atoms with Crippen LogP contribution in [-0.2, 0) is 0 Å². The molecule has 1 heterocycles. The maximum absolute atomic E-state index is 12.0. The summed E-state index contributed by atoms with van der Waals surface area (Å²) in [6, 6.07) is 7.40. The molecule has 2 N–H and O–H groups in total. The van der Waals surface area contributed by atoms with Crippen molar-refractivity contribution in [2.75, 3.05) is 16.9 Å². The van der Waals surface area contributed by atoms with E-state index in [1.54, 1.807) is 11.8 Å². The molecule has 0 saturated carbocycles. The average Bonchev–Trinajstić information content (AvgIpc) is 2.97. The van der Waals surface area contributed by atoms with Gasteiger partial charge in [0.05, 0.1) is 0 Å². The fourth-order valence-corrected chi connectivity index (χ4v) is 3.51. The Morgan fingerprint density at radius 1 is 1.27 bits per heavy atom. The van der Waals surface area contributed by atoms with Crippen molar-refractivity contribution >= 4 is 39.9 Å². The average molecular weight is 336 g/mol. The maximum atomic E-state index is 12.0. The highest BCUT2D eigenvalue weighted by Crippen LogP contribution is 2.28. The van der Waals surface area contributed by atoms with E-state index < -0.39 is 0 Å². The Labute approximate surface area is 138 Å². The zero-order valence-electron chi connectivity index (χ0n) is 12.9. The first-order valence-corrected chi connectivity index (χ1v) is 9.25. The van der Waals surface area contributed by atoms with Crippen molar-refractivity contribution in [3.63, 3.8) is 0 Å². The van der Waals surface area contributed by atoms with E-state index in [4.69, 9.17) is 0 Å². The van der Waals surface area contributed by atoms with E-state index in [0.29, 0.717) is 11.0 Å². The molecule has 0 spiro atoms. The summed E-state index contributed by atoms with van der Waals surface area (Å²) >= 11 is 3.07. The first-order valence-electron chi connectivity index (χ1n) is 7.21. The van der Waals surface area contributed by atoms with Crippen LogP contribution < -0.4 is 10.6 Å². The van der Waals surface area contributed by atoms with Gasteiger partial charge in [0.25, 0.3) is 0 Å². The van der Waals surface area contributed by atoms with E-state index in [9.17, 15) is 4.79 Å². The first kappa shape index (κ1) is 16.8. The number of carbonyl (C=O) groups excluding carboxylic acids is 1. The molecule has 5 nitrogen and oxygen atoms in total. The molecule has 0 aliphatic rings. The van der Waals surface area contributed by atoms with Crippen molar-refractivity contribution in [3.8, 4) is 0 Å². The standard InChI is InChI=1S/C15H20N4OS2/c1-4-10(5-2)13-18-19-15(22-13)17-14(20)16-11-7-6-8-12(9-11)21-3/h6-10H,4-5H2,1-3H3,(H2,16,17,19,20). The molecule has 0 bridgehead atoms. The number of hydrogen-bond donors (Lipinski definition) is 2. The van der Waals surface area contributed by atoms with Gasteiger partial charge in [-0.05, 0) is 37.3 Å². The SMILES string of the molecule is CCC(CC)c1nnc(NC(=O)Nc2cccc(SC)c2)s1. The van der Waals surface area contributed by atoms with Crippen LogP contribution >= 0.6 is 23.1 Å². The zero-order valence-corrected chi connectivity index (χ0v) is 14.6. The molecule has 0 atom stereocenters. The van der Waals surface area contributed by atoms with E-state index in [1.807, 2.05) is 30.5 Å². The third-order valence-corrected chi connectivity index (χ3v) is 5.05. The highest BCUT2D eigenvalue weighted by molar-refractivity contribution is 7.98.